The third kappa shape index (κ3) is 2.79. The predicted molar refractivity (Wildman–Crippen MR) is 118 cm³/mol. The van der Waals surface area contributed by atoms with Gasteiger partial charge in [-0.1, -0.05) is 66.9 Å². The molecular weight excluding hydrogens is 418 g/mol. The molecule has 3 amide bonds. The molecule has 0 bridgehead atoms. The number of hydrogen-bond donors (Lipinski definition) is 0. The molecule has 2 aromatic carbocycles. The van der Waals surface area contributed by atoms with Gasteiger partial charge in [0.2, 0.25) is 5.91 Å². The minimum absolute atomic E-state index is 0.0322. The van der Waals surface area contributed by atoms with Gasteiger partial charge in [0.05, 0.1) is 0 Å². The first kappa shape index (κ1) is 19.0. The standard InChI is InChI=1S/C22H17N3O3S2/c26-18-10-9-17(23-11-13-5-1-2-6-14(13)19(23)27)20(28)24(18)12-25-21(29)15-7-3-4-8-16(15)22(25)30/h1-8,17H,9-12H2. The van der Waals surface area contributed by atoms with E-state index in [1.807, 2.05) is 42.5 Å². The van der Waals surface area contributed by atoms with Crippen LogP contribution in [-0.2, 0) is 16.1 Å². The van der Waals surface area contributed by atoms with Crippen molar-refractivity contribution < 1.29 is 14.4 Å². The van der Waals surface area contributed by atoms with Gasteiger partial charge in [0.1, 0.15) is 22.7 Å². The number of imide groups is 1. The highest BCUT2D eigenvalue weighted by molar-refractivity contribution is 7.82. The number of hydrogen-bond acceptors (Lipinski definition) is 5. The van der Waals surface area contributed by atoms with Crippen LogP contribution in [-0.4, -0.2) is 55.1 Å². The summed E-state index contributed by atoms with van der Waals surface area (Å²) in [6.07, 6.45) is 0.514. The van der Waals surface area contributed by atoms with Crippen molar-refractivity contribution in [2.24, 2.45) is 0 Å². The Balaban J connectivity index is 1.39. The average molecular weight is 436 g/mol. The molecule has 3 aliphatic rings. The number of nitrogens with zero attached hydrogens (tertiary/aromatic N) is 3. The predicted octanol–water partition coefficient (Wildman–Crippen LogP) is 2.48. The van der Waals surface area contributed by atoms with E-state index in [1.165, 1.54) is 4.90 Å². The Hall–Kier alpha value is -2.97. The van der Waals surface area contributed by atoms with E-state index in [4.69, 9.17) is 24.4 Å². The minimum Gasteiger partial charge on any atom is -0.322 e. The third-order valence-electron chi connectivity index (χ3n) is 5.87. The molecule has 1 saturated heterocycles. The van der Waals surface area contributed by atoms with E-state index in [-0.39, 0.29) is 30.8 Å². The van der Waals surface area contributed by atoms with E-state index in [0.29, 0.717) is 28.5 Å². The second-order valence-electron chi connectivity index (χ2n) is 7.53. The largest absolute Gasteiger partial charge is 0.322 e. The van der Waals surface area contributed by atoms with Crippen LogP contribution in [0, 0.1) is 0 Å². The van der Waals surface area contributed by atoms with Gasteiger partial charge in [0.15, 0.2) is 0 Å². The molecule has 1 atom stereocenters. The topological polar surface area (TPSA) is 60.9 Å². The van der Waals surface area contributed by atoms with Crippen LogP contribution in [0.2, 0.25) is 0 Å². The SMILES string of the molecule is O=C1CCC(N2Cc3ccccc3C2=O)C(=O)N1CN1C(=S)c2ccccc2C1=S. The normalized spacial score (nSPS) is 20.9. The van der Waals surface area contributed by atoms with Gasteiger partial charge >= 0.3 is 0 Å². The van der Waals surface area contributed by atoms with Crippen LogP contribution in [0.15, 0.2) is 48.5 Å². The summed E-state index contributed by atoms with van der Waals surface area (Å²) in [5.74, 6) is -0.825. The molecule has 150 valence electrons. The smallest absolute Gasteiger partial charge is 0.255 e. The molecule has 2 aromatic rings. The molecule has 3 aliphatic heterocycles. The Morgan fingerprint density at radius 2 is 1.43 bits per heavy atom. The summed E-state index contributed by atoms with van der Waals surface area (Å²) in [5.41, 5.74) is 3.18. The number of rotatable bonds is 3. The maximum Gasteiger partial charge on any atom is 0.255 e. The van der Waals surface area contributed by atoms with Crippen molar-refractivity contribution in [3.05, 3.63) is 70.8 Å². The zero-order valence-corrected chi connectivity index (χ0v) is 17.5. The number of amides is 3. The number of benzene rings is 2. The van der Waals surface area contributed by atoms with Crippen molar-refractivity contribution in [3.8, 4) is 0 Å². The van der Waals surface area contributed by atoms with Crippen molar-refractivity contribution >= 4 is 52.1 Å². The molecule has 0 radical (unpaired) electrons. The molecule has 6 nitrogen and oxygen atoms in total. The lowest BCUT2D eigenvalue weighted by molar-refractivity contribution is -0.153. The molecule has 3 heterocycles. The highest BCUT2D eigenvalue weighted by Crippen LogP contribution is 2.30. The van der Waals surface area contributed by atoms with Gasteiger partial charge in [-0.15, -0.1) is 0 Å². The van der Waals surface area contributed by atoms with Crippen LogP contribution in [0.3, 0.4) is 0 Å². The Labute approximate surface area is 184 Å². The van der Waals surface area contributed by atoms with E-state index in [1.54, 1.807) is 15.9 Å². The summed E-state index contributed by atoms with van der Waals surface area (Å²) in [6, 6.07) is 14.2. The van der Waals surface area contributed by atoms with E-state index < -0.39 is 6.04 Å². The highest BCUT2D eigenvalue weighted by atomic mass is 32.1. The van der Waals surface area contributed by atoms with Crippen LogP contribution in [0.5, 0.6) is 0 Å². The lowest BCUT2D eigenvalue weighted by atomic mass is 10.0. The molecule has 8 heteroatoms. The first-order valence-electron chi connectivity index (χ1n) is 9.65. The van der Waals surface area contributed by atoms with Gasteiger partial charge in [-0.25, -0.2) is 0 Å². The molecule has 0 aromatic heterocycles. The molecular formula is C22H17N3O3S2. The fourth-order valence-corrected chi connectivity index (χ4v) is 5.01. The van der Waals surface area contributed by atoms with Crippen molar-refractivity contribution in [1.29, 1.82) is 0 Å². The molecule has 1 fully saturated rings. The molecule has 0 saturated carbocycles. The zero-order chi connectivity index (χ0) is 21.0. The highest BCUT2D eigenvalue weighted by Gasteiger charge is 2.44. The number of thiocarbonyl (C=S) groups is 2. The van der Waals surface area contributed by atoms with Gasteiger partial charge in [-0.3, -0.25) is 19.3 Å². The summed E-state index contributed by atoms with van der Waals surface area (Å²) in [4.78, 5) is 44.2. The van der Waals surface area contributed by atoms with E-state index in [0.717, 1.165) is 16.7 Å². The second kappa shape index (κ2) is 7.07. The summed E-state index contributed by atoms with van der Waals surface area (Å²) >= 11 is 11.1. The summed E-state index contributed by atoms with van der Waals surface area (Å²) in [5, 5.41) is 0. The van der Waals surface area contributed by atoms with E-state index in [2.05, 4.69) is 0 Å². The summed E-state index contributed by atoms with van der Waals surface area (Å²) < 4.78 is 0. The van der Waals surface area contributed by atoms with Crippen LogP contribution in [0.1, 0.15) is 39.9 Å². The Morgan fingerprint density at radius 3 is 2.07 bits per heavy atom. The van der Waals surface area contributed by atoms with Crippen molar-refractivity contribution in [2.45, 2.75) is 25.4 Å². The Morgan fingerprint density at radius 1 is 0.833 bits per heavy atom. The van der Waals surface area contributed by atoms with Gasteiger partial charge < -0.3 is 9.80 Å². The number of piperidine rings is 1. The number of likely N-dealkylation sites (tertiary alicyclic amines) is 1. The first-order valence-corrected chi connectivity index (χ1v) is 10.5. The second-order valence-corrected chi connectivity index (χ2v) is 8.30. The molecule has 0 spiro atoms. The molecule has 30 heavy (non-hydrogen) atoms. The quantitative estimate of drug-likeness (QED) is 0.545. The summed E-state index contributed by atoms with van der Waals surface area (Å²) in [6.45, 7) is 0.342. The fourth-order valence-electron chi connectivity index (χ4n) is 4.30. The van der Waals surface area contributed by atoms with Crippen molar-refractivity contribution in [2.75, 3.05) is 6.67 Å². The van der Waals surface area contributed by atoms with Crippen LogP contribution >= 0.6 is 24.4 Å². The number of carbonyl (C=O) groups excluding carboxylic acids is 3. The van der Waals surface area contributed by atoms with Crippen LogP contribution in [0.4, 0.5) is 0 Å². The maximum atomic E-state index is 13.3. The van der Waals surface area contributed by atoms with Gasteiger partial charge in [-0.2, -0.15) is 0 Å². The fraction of sp³-hybridized carbons (Fsp3) is 0.227. The zero-order valence-electron chi connectivity index (χ0n) is 15.9. The lowest BCUT2D eigenvalue weighted by Gasteiger charge is -2.37. The van der Waals surface area contributed by atoms with E-state index in [9.17, 15) is 14.4 Å². The van der Waals surface area contributed by atoms with Crippen LogP contribution < -0.4 is 0 Å². The van der Waals surface area contributed by atoms with Crippen molar-refractivity contribution in [1.82, 2.24) is 14.7 Å². The van der Waals surface area contributed by atoms with Gasteiger partial charge in [-0.05, 0) is 18.1 Å². The Kier molecular flexibility index (Phi) is 4.48. The molecule has 1 unspecified atom stereocenters. The molecule has 0 aliphatic carbocycles. The third-order valence-corrected chi connectivity index (χ3v) is 6.75. The lowest BCUT2D eigenvalue weighted by Crippen LogP contribution is -2.57. The Bertz CT molecular complexity index is 1110. The first-order chi connectivity index (χ1) is 14.5. The van der Waals surface area contributed by atoms with Gasteiger partial charge in [0.25, 0.3) is 11.8 Å². The summed E-state index contributed by atoms with van der Waals surface area (Å²) in [7, 11) is 0. The van der Waals surface area contributed by atoms with Crippen LogP contribution in [0.25, 0.3) is 0 Å². The average Bonchev–Trinajstić information content (AvgIpc) is 3.21. The number of carbonyl (C=O) groups is 3. The maximum absolute atomic E-state index is 13.3. The minimum atomic E-state index is -0.672. The van der Waals surface area contributed by atoms with E-state index >= 15 is 0 Å². The molecule has 5 rings (SSSR count). The van der Waals surface area contributed by atoms with Gasteiger partial charge in [0, 0.05) is 29.7 Å². The van der Waals surface area contributed by atoms with Crippen molar-refractivity contribution in [3.63, 3.8) is 0 Å². The monoisotopic (exact) mass is 435 g/mol. The molecule has 0 N–H and O–H groups in total. The number of fused-ring (bicyclic) bond motifs is 2.